The largest absolute Gasteiger partial charge is 0.506 e. The lowest BCUT2D eigenvalue weighted by Crippen LogP contribution is -1.95. The zero-order valence-corrected chi connectivity index (χ0v) is 23.4. The zero-order chi connectivity index (χ0) is 30.5. The number of nitrogen functional groups attached to an aromatic ring is 2. The number of phenolic OH excluding ortho intramolecular Hbond substituents is 2. The maximum absolute atomic E-state index is 9.99. The van der Waals surface area contributed by atoms with Crippen LogP contribution in [0.5, 0.6) is 34.5 Å². The van der Waals surface area contributed by atoms with Crippen molar-refractivity contribution in [3.63, 3.8) is 0 Å². The van der Waals surface area contributed by atoms with Gasteiger partial charge in [-0.1, -0.05) is 60.1 Å². The summed E-state index contributed by atoms with van der Waals surface area (Å²) in [5.74, 6) is 14.7. The van der Waals surface area contributed by atoms with E-state index in [0.717, 1.165) is 16.5 Å². The smallest absolute Gasteiger partial charge is 0.151 e. The Morgan fingerprint density at radius 1 is 0.477 bits per heavy atom. The molecule has 0 fully saturated rings. The molecule has 0 aromatic heterocycles. The minimum absolute atomic E-state index is 0.0322. The van der Waals surface area contributed by atoms with Gasteiger partial charge in [0.1, 0.15) is 28.7 Å². The van der Waals surface area contributed by atoms with Crippen LogP contribution in [0.4, 0.5) is 11.4 Å². The third-order valence-corrected chi connectivity index (χ3v) is 6.73. The van der Waals surface area contributed by atoms with E-state index in [0.29, 0.717) is 39.5 Å². The number of ether oxygens (including phenoxy) is 2. The molecule has 6 heteroatoms. The first-order valence-corrected chi connectivity index (χ1v) is 13.7. The van der Waals surface area contributed by atoms with Crippen LogP contribution in [-0.2, 0) is 0 Å². The summed E-state index contributed by atoms with van der Waals surface area (Å²) in [5.41, 5.74) is 15.3. The van der Waals surface area contributed by atoms with Gasteiger partial charge in [-0.05, 0) is 72.8 Å². The van der Waals surface area contributed by atoms with Crippen LogP contribution in [0.15, 0.2) is 121 Å². The Hall–Kier alpha value is -6.50. The maximum atomic E-state index is 9.99. The summed E-state index contributed by atoms with van der Waals surface area (Å²) >= 11 is 0. The average molecular weight is 575 g/mol. The second kappa shape index (κ2) is 12.2. The van der Waals surface area contributed by atoms with Crippen LogP contribution >= 0.6 is 0 Å². The molecule has 0 aliphatic heterocycles. The van der Waals surface area contributed by atoms with Crippen LogP contribution in [-0.4, -0.2) is 10.2 Å². The first kappa shape index (κ1) is 27.7. The number of hydrogen-bond donors (Lipinski definition) is 4. The number of nitrogens with two attached hydrogens (primary N) is 2. The second-order valence-electron chi connectivity index (χ2n) is 9.89. The Labute approximate surface area is 254 Å². The number of rotatable bonds is 4. The van der Waals surface area contributed by atoms with Crippen LogP contribution in [0.25, 0.3) is 10.8 Å². The summed E-state index contributed by atoms with van der Waals surface area (Å²) in [6.07, 6.45) is 0. The van der Waals surface area contributed by atoms with Crippen molar-refractivity contribution in [3.8, 4) is 58.2 Å². The van der Waals surface area contributed by atoms with Gasteiger partial charge in [-0.3, -0.25) is 0 Å². The quantitative estimate of drug-likeness (QED) is 0.0971. The van der Waals surface area contributed by atoms with Crippen molar-refractivity contribution in [1.82, 2.24) is 0 Å². The van der Waals surface area contributed by atoms with E-state index in [9.17, 15) is 10.2 Å². The van der Waals surface area contributed by atoms with E-state index in [4.69, 9.17) is 20.9 Å². The molecule has 0 radical (unpaired) electrons. The van der Waals surface area contributed by atoms with E-state index in [-0.39, 0.29) is 22.9 Å². The molecule has 0 unspecified atom stereocenters. The molecule has 6 nitrogen and oxygen atoms in total. The van der Waals surface area contributed by atoms with Gasteiger partial charge >= 0.3 is 0 Å². The minimum Gasteiger partial charge on any atom is -0.506 e. The van der Waals surface area contributed by atoms with Crippen molar-refractivity contribution in [2.75, 3.05) is 11.5 Å². The van der Waals surface area contributed by atoms with Crippen LogP contribution in [0, 0.1) is 23.7 Å². The molecule has 44 heavy (non-hydrogen) atoms. The number of benzene rings is 6. The van der Waals surface area contributed by atoms with Gasteiger partial charge in [0.25, 0.3) is 0 Å². The van der Waals surface area contributed by atoms with E-state index >= 15 is 0 Å². The van der Waals surface area contributed by atoms with Gasteiger partial charge in [0.2, 0.25) is 0 Å². The molecule has 0 aliphatic rings. The monoisotopic (exact) mass is 574 g/mol. The summed E-state index contributed by atoms with van der Waals surface area (Å²) in [6.45, 7) is 0. The van der Waals surface area contributed by atoms with Gasteiger partial charge in [-0.15, -0.1) is 0 Å². The predicted molar refractivity (Wildman–Crippen MR) is 174 cm³/mol. The minimum atomic E-state index is -0.0401. The molecule has 0 amide bonds. The standard InChI is InChI=1S/C38H26N2O4/c39-33-23-29(16-19-35(33)41)43-37-22-27(12-11-25-7-3-1-4-8-25)21-32-31(37)18-15-28(14-13-26-9-5-2-6-10-26)38(32)44-30-17-20-36(42)34(40)24-30/h1-10,15-24,41-42H,39-40H2. The number of hydrogen-bond acceptors (Lipinski definition) is 6. The molecule has 6 N–H and O–H groups in total. The lowest BCUT2D eigenvalue weighted by molar-refractivity contribution is 0.467. The van der Waals surface area contributed by atoms with Crippen LogP contribution in [0.2, 0.25) is 0 Å². The number of phenols is 2. The summed E-state index contributed by atoms with van der Waals surface area (Å²) in [6, 6.07) is 36.2. The Kier molecular flexibility index (Phi) is 7.65. The van der Waals surface area contributed by atoms with Gasteiger partial charge < -0.3 is 31.2 Å². The third-order valence-electron chi connectivity index (χ3n) is 6.73. The van der Waals surface area contributed by atoms with Crippen molar-refractivity contribution >= 4 is 22.1 Å². The summed E-state index contributed by atoms with van der Waals surface area (Å²) in [4.78, 5) is 0. The molecule has 0 spiro atoms. The van der Waals surface area contributed by atoms with Gasteiger partial charge in [0.05, 0.1) is 16.9 Å². The third kappa shape index (κ3) is 6.21. The molecule has 6 aromatic carbocycles. The number of fused-ring (bicyclic) bond motifs is 1. The molecule has 0 atom stereocenters. The van der Waals surface area contributed by atoms with Crippen molar-refractivity contribution in [1.29, 1.82) is 0 Å². The second-order valence-corrected chi connectivity index (χ2v) is 9.89. The highest BCUT2D eigenvalue weighted by Crippen LogP contribution is 2.41. The number of aromatic hydroxyl groups is 2. The van der Waals surface area contributed by atoms with Crippen LogP contribution in [0.1, 0.15) is 22.3 Å². The molecule has 6 rings (SSSR count). The molecule has 0 saturated carbocycles. The molecular formula is C38H26N2O4. The lowest BCUT2D eigenvalue weighted by Gasteiger charge is -2.16. The topological polar surface area (TPSA) is 111 Å². The fourth-order valence-corrected chi connectivity index (χ4v) is 4.50. The van der Waals surface area contributed by atoms with Gasteiger partial charge in [0.15, 0.2) is 5.75 Å². The van der Waals surface area contributed by atoms with E-state index < -0.39 is 0 Å². The van der Waals surface area contributed by atoms with Crippen molar-refractivity contribution in [2.24, 2.45) is 0 Å². The lowest BCUT2D eigenvalue weighted by atomic mass is 10.0. The highest BCUT2D eigenvalue weighted by Gasteiger charge is 2.16. The SMILES string of the molecule is Nc1cc(Oc2cc(C#Cc3ccccc3)cc3c(Oc4ccc(O)c(N)c4)c(C#Cc4ccccc4)ccc23)ccc1O. The van der Waals surface area contributed by atoms with Gasteiger partial charge in [0, 0.05) is 39.6 Å². The van der Waals surface area contributed by atoms with E-state index in [1.165, 1.54) is 12.1 Å². The molecule has 6 aromatic rings. The van der Waals surface area contributed by atoms with Crippen LogP contribution in [0.3, 0.4) is 0 Å². The Morgan fingerprint density at radius 2 is 1.02 bits per heavy atom. The highest BCUT2D eigenvalue weighted by atomic mass is 16.5. The Bertz CT molecular complexity index is 2120. The zero-order valence-electron chi connectivity index (χ0n) is 23.4. The maximum Gasteiger partial charge on any atom is 0.151 e. The normalized spacial score (nSPS) is 10.3. The first-order valence-electron chi connectivity index (χ1n) is 13.7. The van der Waals surface area contributed by atoms with Crippen molar-refractivity contribution < 1.29 is 19.7 Å². The van der Waals surface area contributed by atoms with Crippen LogP contribution < -0.4 is 20.9 Å². The Balaban J connectivity index is 1.56. The fourth-order valence-electron chi connectivity index (χ4n) is 4.50. The molecule has 0 saturated heterocycles. The fraction of sp³-hybridized carbons (Fsp3) is 0. The van der Waals surface area contributed by atoms with E-state index in [1.807, 2.05) is 84.9 Å². The van der Waals surface area contributed by atoms with Gasteiger partial charge in [-0.2, -0.15) is 0 Å². The first-order chi connectivity index (χ1) is 21.4. The van der Waals surface area contributed by atoms with E-state index in [2.05, 4.69) is 23.7 Å². The molecule has 0 heterocycles. The highest BCUT2D eigenvalue weighted by molar-refractivity contribution is 5.96. The van der Waals surface area contributed by atoms with Crippen molar-refractivity contribution in [2.45, 2.75) is 0 Å². The Morgan fingerprint density at radius 3 is 1.61 bits per heavy atom. The summed E-state index contributed by atoms with van der Waals surface area (Å²) in [7, 11) is 0. The van der Waals surface area contributed by atoms with Gasteiger partial charge in [-0.25, -0.2) is 0 Å². The van der Waals surface area contributed by atoms with E-state index in [1.54, 1.807) is 24.3 Å². The molecular weight excluding hydrogens is 548 g/mol. The molecule has 212 valence electrons. The molecule has 0 bridgehead atoms. The predicted octanol–water partition coefficient (Wildman–Crippen LogP) is 7.80. The summed E-state index contributed by atoms with van der Waals surface area (Å²) in [5, 5.41) is 21.3. The molecule has 0 aliphatic carbocycles. The number of anilines is 2. The van der Waals surface area contributed by atoms with Crippen molar-refractivity contribution in [3.05, 3.63) is 144 Å². The summed E-state index contributed by atoms with van der Waals surface area (Å²) < 4.78 is 12.8. The average Bonchev–Trinajstić information content (AvgIpc) is 3.04.